The number of carboxylic acids is 1. The summed E-state index contributed by atoms with van der Waals surface area (Å²) in [6.45, 7) is 2.18. The largest absolute Gasteiger partial charge is 0.487 e. The fourth-order valence-corrected chi connectivity index (χ4v) is 2.24. The van der Waals surface area contributed by atoms with Gasteiger partial charge < -0.3 is 19.5 Å². The van der Waals surface area contributed by atoms with Crippen LogP contribution in [0.5, 0.6) is 5.75 Å². The van der Waals surface area contributed by atoms with Crippen molar-refractivity contribution in [1.29, 1.82) is 0 Å². The first-order chi connectivity index (χ1) is 10.9. The molecule has 2 rings (SSSR count). The van der Waals surface area contributed by atoms with Crippen LogP contribution in [0.15, 0.2) is 18.2 Å². The third-order valence-electron chi connectivity index (χ3n) is 3.33. The number of morpholine rings is 1. The number of carbonyl (C=O) groups excluding carboxylic acids is 1. The molecular formula is C14H16N2O7. The van der Waals surface area contributed by atoms with Crippen molar-refractivity contribution in [3.05, 3.63) is 33.9 Å². The summed E-state index contributed by atoms with van der Waals surface area (Å²) in [5, 5.41) is 20.0. The Morgan fingerprint density at radius 2 is 2.26 bits per heavy atom. The maximum absolute atomic E-state index is 12.4. The minimum Gasteiger partial charge on any atom is -0.487 e. The highest BCUT2D eigenvalue weighted by atomic mass is 16.6. The zero-order valence-corrected chi connectivity index (χ0v) is 12.4. The first-order valence-corrected chi connectivity index (χ1v) is 6.99. The molecule has 0 saturated carbocycles. The van der Waals surface area contributed by atoms with Gasteiger partial charge in [0.2, 0.25) is 0 Å². The maximum atomic E-state index is 12.4. The van der Waals surface area contributed by atoms with Crippen molar-refractivity contribution in [2.45, 2.75) is 13.0 Å². The highest BCUT2D eigenvalue weighted by Gasteiger charge is 2.30. The van der Waals surface area contributed by atoms with Gasteiger partial charge in [0, 0.05) is 18.2 Å². The lowest BCUT2D eigenvalue weighted by atomic mass is 10.1. The summed E-state index contributed by atoms with van der Waals surface area (Å²) in [6.07, 6.45) is -1.09. The van der Waals surface area contributed by atoms with E-state index >= 15 is 0 Å². The van der Waals surface area contributed by atoms with Crippen LogP contribution in [0.1, 0.15) is 17.3 Å². The maximum Gasteiger partial charge on any atom is 0.334 e. The molecule has 1 amide bonds. The van der Waals surface area contributed by atoms with E-state index in [1.165, 1.54) is 17.0 Å². The number of carboxylic acid groups (broad SMARTS) is 1. The molecular weight excluding hydrogens is 308 g/mol. The molecule has 1 aromatic carbocycles. The van der Waals surface area contributed by atoms with Crippen LogP contribution in [0, 0.1) is 10.1 Å². The molecule has 0 aliphatic carbocycles. The van der Waals surface area contributed by atoms with Gasteiger partial charge in [0.25, 0.3) is 5.91 Å². The number of nitrogens with zero attached hydrogens (tertiary/aromatic N) is 2. The van der Waals surface area contributed by atoms with Crippen molar-refractivity contribution < 1.29 is 29.1 Å². The molecule has 1 atom stereocenters. The third kappa shape index (κ3) is 3.75. The van der Waals surface area contributed by atoms with Crippen LogP contribution in [-0.2, 0) is 9.53 Å². The first-order valence-electron chi connectivity index (χ1n) is 6.99. The van der Waals surface area contributed by atoms with E-state index in [9.17, 15) is 19.7 Å². The Morgan fingerprint density at radius 3 is 2.87 bits per heavy atom. The molecule has 0 aromatic heterocycles. The second-order valence-corrected chi connectivity index (χ2v) is 4.82. The van der Waals surface area contributed by atoms with Crippen LogP contribution in [0.25, 0.3) is 0 Å². The van der Waals surface area contributed by atoms with Gasteiger partial charge in [0.15, 0.2) is 11.9 Å². The number of aliphatic carboxylic acids is 1. The first kappa shape index (κ1) is 16.7. The standard InChI is InChI=1S/C14H16N2O7/c1-2-22-11-4-3-9(7-10(11)16(20)21)13(17)15-5-6-23-12(8-15)14(18)19/h3-4,7,12H,2,5-6,8H2,1H3,(H,18,19). The summed E-state index contributed by atoms with van der Waals surface area (Å²) < 4.78 is 10.2. The Hall–Kier alpha value is -2.68. The Labute approximate surface area is 131 Å². The number of rotatable bonds is 5. The second-order valence-electron chi connectivity index (χ2n) is 4.82. The van der Waals surface area contributed by atoms with Gasteiger partial charge >= 0.3 is 11.7 Å². The smallest absolute Gasteiger partial charge is 0.334 e. The van der Waals surface area contributed by atoms with Crippen LogP contribution in [-0.4, -0.2) is 59.2 Å². The number of ether oxygens (including phenoxy) is 2. The van der Waals surface area contributed by atoms with E-state index in [0.717, 1.165) is 6.07 Å². The molecule has 1 heterocycles. The number of benzene rings is 1. The molecule has 9 nitrogen and oxygen atoms in total. The average Bonchev–Trinajstić information content (AvgIpc) is 2.54. The predicted octanol–water partition coefficient (Wildman–Crippen LogP) is 0.919. The summed E-state index contributed by atoms with van der Waals surface area (Å²) in [5.41, 5.74) is -0.202. The highest BCUT2D eigenvalue weighted by Crippen LogP contribution is 2.28. The minimum absolute atomic E-state index is 0.0828. The van der Waals surface area contributed by atoms with Crippen molar-refractivity contribution in [2.24, 2.45) is 0 Å². The lowest BCUT2D eigenvalue weighted by Crippen LogP contribution is -2.48. The molecule has 1 aliphatic heterocycles. The molecule has 1 aromatic rings. The van der Waals surface area contributed by atoms with Crippen molar-refractivity contribution in [3.63, 3.8) is 0 Å². The normalized spacial score (nSPS) is 17.6. The van der Waals surface area contributed by atoms with Gasteiger partial charge in [0.1, 0.15) is 0 Å². The average molecular weight is 324 g/mol. The van der Waals surface area contributed by atoms with Crippen LogP contribution < -0.4 is 4.74 Å². The molecule has 9 heteroatoms. The lowest BCUT2D eigenvalue weighted by Gasteiger charge is -2.30. The zero-order valence-electron chi connectivity index (χ0n) is 12.4. The van der Waals surface area contributed by atoms with Crippen LogP contribution in [0.4, 0.5) is 5.69 Å². The van der Waals surface area contributed by atoms with E-state index < -0.39 is 22.9 Å². The number of nitro benzene ring substituents is 1. The Balaban J connectivity index is 2.23. The second kappa shape index (κ2) is 7.05. The minimum atomic E-state index is -1.15. The third-order valence-corrected chi connectivity index (χ3v) is 3.33. The topological polar surface area (TPSA) is 119 Å². The van der Waals surface area contributed by atoms with Crippen molar-refractivity contribution >= 4 is 17.6 Å². The monoisotopic (exact) mass is 324 g/mol. The Morgan fingerprint density at radius 1 is 1.52 bits per heavy atom. The number of nitro groups is 1. The van der Waals surface area contributed by atoms with Crippen LogP contribution in [0.2, 0.25) is 0 Å². The summed E-state index contributed by atoms with van der Waals surface area (Å²) in [4.78, 5) is 35.2. The molecule has 0 bridgehead atoms. The van der Waals surface area contributed by atoms with E-state index in [4.69, 9.17) is 14.6 Å². The number of hydrogen-bond acceptors (Lipinski definition) is 6. The SMILES string of the molecule is CCOc1ccc(C(=O)N2CCOC(C(=O)O)C2)cc1[N+](=O)[O-]. The molecule has 1 unspecified atom stereocenters. The van der Waals surface area contributed by atoms with E-state index in [1.807, 2.05) is 0 Å². The summed E-state index contributed by atoms with van der Waals surface area (Å²) in [6, 6.07) is 3.92. The Bertz CT molecular complexity index is 632. The molecule has 0 spiro atoms. The molecule has 1 fully saturated rings. The van der Waals surface area contributed by atoms with Gasteiger partial charge in [-0.1, -0.05) is 0 Å². The predicted molar refractivity (Wildman–Crippen MR) is 77.5 cm³/mol. The van der Waals surface area contributed by atoms with E-state index in [0.29, 0.717) is 0 Å². The Kier molecular flexibility index (Phi) is 5.12. The molecule has 1 saturated heterocycles. The van der Waals surface area contributed by atoms with Gasteiger partial charge in [-0.25, -0.2) is 4.79 Å². The molecule has 124 valence electrons. The van der Waals surface area contributed by atoms with E-state index in [-0.39, 0.29) is 43.3 Å². The van der Waals surface area contributed by atoms with E-state index in [1.54, 1.807) is 6.92 Å². The van der Waals surface area contributed by atoms with Gasteiger partial charge in [-0.2, -0.15) is 0 Å². The number of carbonyl (C=O) groups is 2. The fraction of sp³-hybridized carbons (Fsp3) is 0.429. The summed E-state index contributed by atoms with van der Waals surface area (Å²) in [7, 11) is 0. The van der Waals surface area contributed by atoms with Gasteiger partial charge in [0.05, 0.1) is 24.7 Å². The summed E-state index contributed by atoms with van der Waals surface area (Å²) >= 11 is 0. The zero-order chi connectivity index (χ0) is 17.0. The van der Waals surface area contributed by atoms with Crippen LogP contribution >= 0.6 is 0 Å². The molecule has 0 radical (unpaired) electrons. The van der Waals surface area contributed by atoms with E-state index in [2.05, 4.69) is 0 Å². The molecule has 1 aliphatic rings. The van der Waals surface area contributed by atoms with Gasteiger partial charge in [-0.3, -0.25) is 14.9 Å². The van der Waals surface area contributed by atoms with Crippen molar-refractivity contribution in [1.82, 2.24) is 4.90 Å². The van der Waals surface area contributed by atoms with Gasteiger partial charge in [-0.05, 0) is 19.1 Å². The number of amides is 1. The van der Waals surface area contributed by atoms with Crippen LogP contribution in [0.3, 0.4) is 0 Å². The highest BCUT2D eigenvalue weighted by molar-refractivity contribution is 5.95. The molecule has 1 N–H and O–H groups in total. The number of hydrogen-bond donors (Lipinski definition) is 1. The van der Waals surface area contributed by atoms with Crippen molar-refractivity contribution in [2.75, 3.05) is 26.3 Å². The van der Waals surface area contributed by atoms with Crippen molar-refractivity contribution in [3.8, 4) is 5.75 Å². The van der Waals surface area contributed by atoms with Gasteiger partial charge in [-0.15, -0.1) is 0 Å². The lowest BCUT2D eigenvalue weighted by molar-refractivity contribution is -0.385. The summed E-state index contributed by atoms with van der Waals surface area (Å²) in [5.74, 6) is -1.55. The fourth-order valence-electron chi connectivity index (χ4n) is 2.24. The molecule has 23 heavy (non-hydrogen) atoms. The quantitative estimate of drug-likeness (QED) is 0.631.